The van der Waals surface area contributed by atoms with Gasteiger partial charge in [-0.2, -0.15) is 0 Å². The highest BCUT2D eigenvalue weighted by atomic mass is 16.5. The Morgan fingerprint density at radius 1 is 1.18 bits per heavy atom. The van der Waals surface area contributed by atoms with Gasteiger partial charge in [0.05, 0.1) is 14.2 Å². The Morgan fingerprint density at radius 3 is 2.41 bits per heavy atom. The Bertz CT molecular complexity index is 411. The molecule has 1 N–H and O–H groups in total. The van der Waals surface area contributed by atoms with Crippen molar-refractivity contribution in [1.82, 2.24) is 5.32 Å². The van der Waals surface area contributed by atoms with Gasteiger partial charge in [0.15, 0.2) is 0 Å². The number of nitrogens with one attached hydrogen (secondary N) is 1. The number of hydrogen-bond acceptors (Lipinski definition) is 3. The van der Waals surface area contributed by atoms with E-state index in [2.05, 4.69) is 25.2 Å². The van der Waals surface area contributed by atoms with Gasteiger partial charge in [0.25, 0.3) is 0 Å². The van der Waals surface area contributed by atoms with Gasteiger partial charge in [-0.1, -0.05) is 0 Å². The predicted molar refractivity (Wildman–Crippen MR) is 68.9 cm³/mol. The Kier molecular flexibility index (Phi) is 3.57. The SMILES string of the molecule is COc1cc(CNC2CC2)c(OC)c(C)c1C. The molecule has 3 heteroatoms. The Morgan fingerprint density at radius 2 is 1.88 bits per heavy atom. The van der Waals surface area contributed by atoms with Gasteiger partial charge in [0.2, 0.25) is 0 Å². The van der Waals surface area contributed by atoms with Crippen molar-refractivity contribution in [2.45, 2.75) is 39.3 Å². The minimum atomic E-state index is 0.701. The van der Waals surface area contributed by atoms with Crippen molar-refractivity contribution in [2.24, 2.45) is 0 Å². The van der Waals surface area contributed by atoms with Crippen LogP contribution in [-0.2, 0) is 6.54 Å². The lowest BCUT2D eigenvalue weighted by Crippen LogP contribution is -2.16. The second-order valence-electron chi connectivity index (χ2n) is 4.68. The van der Waals surface area contributed by atoms with E-state index in [0.29, 0.717) is 6.04 Å². The molecule has 1 aliphatic rings. The van der Waals surface area contributed by atoms with E-state index in [4.69, 9.17) is 9.47 Å². The molecule has 94 valence electrons. The molecule has 0 atom stereocenters. The topological polar surface area (TPSA) is 30.5 Å². The lowest BCUT2D eigenvalue weighted by Gasteiger charge is -2.17. The van der Waals surface area contributed by atoms with E-state index in [1.54, 1.807) is 14.2 Å². The van der Waals surface area contributed by atoms with E-state index >= 15 is 0 Å². The lowest BCUT2D eigenvalue weighted by atomic mass is 10.0. The van der Waals surface area contributed by atoms with E-state index in [1.165, 1.54) is 24.0 Å². The quantitative estimate of drug-likeness (QED) is 0.851. The molecular weight excluding hydrogens is 214 g/mol. The Labute approximate surface area is 103 Å². The molecule has 3 nitrogen and oxygen atoms in total. The maximum atomic E-state index is 5.51. The molecular formula is C14H21NO2. The van der Waals surface area contributed by atoms with Crippen LogP contribution in [0.5, 0.6) is 11.5 Å². The van der Waals surface area contributed by atoms with E-state index in [9.17, 15) is 0 Å². The molecule has 1 aromatic rings. The Balaban J connectivity index is 2.29. The molecule has 17 heavy (non-hydrogen) atoms. The molecule has 0 spiro atoms. The number of hydrogen-bond donors (Lipinski definition) is 1. The maximum Gasteiger partial charge on any atom is 0.126 e. The molecule has 0 radical (unpaired) electrons. The highest BCUT2D eigenvalue weighted by molar-refractivity contribution is 5.52. The zero-order valence-electron chi connectivity index (χ0n) is 11.1. The standard InChI is InChI=1S/C14H21NO2/c1-9-10(2)14(17-4)11(7-13(9)16-3)8-15-12-5-6-12/h7,12,15H,5-6,8H2,1-4H3. The average Bonchev–Trinajstić information content (AvgIpc) is 3.14. The molecule has 0 saturated heterocycles. The van der Waals surface area contributed by atoms with Crippen LogP contribution in [0.3, 0.4) is 0 Å². The van der Waals surface area contributed by atoms with Crippen LogP contribution >= 0.6 is 0 Å². The second kappa shape index (κ2) is 4.96. The summed E-state index contributed by atoms with van der Waals surface area (Å²) in [5.74, 6) is 1.92. The molecule has 1 aromatic carbocycles. The highest BCUT2D eigenvalue weighted by Gasteiger charge is 2.21. The molecule has 1 fully saturated rings. The summed E-state index contributed by atoms with van der Waals surface area (Å²) in [6.45, 7) is 5.00. The lowest BCUT2D eigenvalue weighted by molar-refractivity contribution is 0.391. The summed E-state index contributed by atoms with van der Waals surface area (Å²) in [6, 6.07) is 2.78. The van der Waals surface area contributed by atoms with Crippen LogP contribution in [0.1, 0.15) is 29.5 Å². The van der Waals surface area contributed by atoms with E-state index < -0.39 is 0 Å². The maximum absolute atomic E-state index is 5.51. The summed E-state index contributed by atoms with van der Waals surface area (Å²) in [7, 11) is 3.45. The minimum Gasteiger partial charge on any atom is -0.496 e. The summed E-state index contributed by atoms with van der Waals surface area (Å²) < 4.78 is 10.9. The zero-order valence-corrected chi connectivity index (χ0v) is 11.1. The van der Waals surface area contributed by atoms with E-state index in [1.807, 2.05) is 0 Å². The number of methoxy groups -OCH3 is 2. The first-order chi connectivity index (χ1) is 8.17. The third-order valence-electron chi connectivity index (χ3n) is 3.45. The van der Waals surface area contributed by atoms with Gasteiger partial charge in [-0.25, -0.2) is 0 Å². The van der Waals surface area contributed by atoms with Gasteiger partial charge in [-0.3, -0.25) is 0 Å². The van der Waals surface area contributed by atoms with Crippen LogP contribution in [-0.4, -0.2) is 20.3 Å². The predicted octanol–water partition coefficient (Wildman–Crippen LogP) is 2.57. The van der Waals surface area contributed by atoms with Crippen molar-refractivity contribution in [3.63, 3.8) is 0 Å². The largest absolute Gasteiger partial charge is 0.496 e. The normalized spacial score (nSPS) is 14.8. The van der Waals surface area contributed by atoms with Crippen LogP contribution in [0.4, 0.5) is 0 Å². The first-order valence-corrected chi connectivity index (χ1v) is 6.11. The molecule has 0 bridgehead atoms. The van der Waals surface area contributed by atoms with Gasteiger partial charge in [0.1, 0.15) is 11.5 Å². The molecule has 0 aromatic heterocycles. The molecule has 0 amide bonds. The third-order valence-corrected chi connectivity index (χ3v) is 3.45. The van der Waals surface area contributed by atoms with Gasteiger partial charge >= 0.3 is 0 Å². The first kappa shape index (κ1) is 12.2. The van der Waals surface area contributed by atoms with Gasteiger partial charge in [0, 0.05) is 18.2 Å². The monoisotopic (exact) mass is 235 g/mol. The first-order valence-electron chi connectivity index (χ1n) is 6.11. The van der Waals surface area contributed by atoms with Crippen LogP contribution < -0.4 is 14.8 Å². The van der Waals surface area contributed by atoms with Crippen LogP contribution in [0, 0.1) is 13.8 Å². The summed E-state index contributed by atoms with van der Waals surface area (Å²) in [4.78, 5) is 0. The number of rotatable bonds is 5. The molecule has 2 rings (SSSR count). The van der Waals surface area contributed by atoms with E-state index in [0.717, 1.165) is 23.6 Å². The summed E-state index contributed by atoms with van der Waals surface area (Å²) in [5.41, 5.74) is 3.50. The van der Waals surface area contributed by atoms with E-state index in [-0.39, 0.29) is 0 Å². The minimum absolute atomic E-state index is 0.701. The molecule has 0 unspecified atom stereocenters. The summed E-state index contributed by atoms with van der Waals surface area (Å²) in [6.07, 6.45) is 2.59. The average molecular weight is 235 g/mol. The fourth-order valence-electron chi connectivity index (χ4n) is 2.10. The van der Waals surface area contributed by atoms with Crippen LogP contribution in [0.15, 0.2) is 6.07 Å². The highest BCUT2D eigenvalue weighted by Crippen LogP contribution is 2.33. The van der Waals surface area contributed by atoms with Gasteiger partial charge in [-0.05, 0) is 43.9 Å². The van der Waals surface area contributed by atoms with Crippen molar-refractivity contribution in [2.75, 3.05) is 14.2 Å². The van der Waals surface area contributed by atoms with Crippen molar-refractivity contribution in [3.8, 4) is 11.5 Å². The van der Waals surface area contributed by atoms with Crippen molar-refractivity contribution in [3.05, 3.63) is 22.8 Å². The summed E-state index contributed by atoms with van der Waals surface area (Å²) >= 11 is 0. The van der Waals surface area contributed by atoms with Gasteiger partial charge in [-0.15, -0.1) is 0 Å². The second-order valence-corrected chi connectivity index (χ2v) is 4.68. The fraction of sp³-hybridized carbons (Fsp3) is 0.571. The molecule has 0 aliphatic heterocycles. The van der Waals surface area contributed by atoms with Crippen molar-refractivity contribution in [1.29, 1.82) is 0 Å². The summed E-state index contributed by atoms with van der Waals surface area (Å²) in [5, 5.41) is 3.51. The van der Waals surface area contributed by atoms with Gasteiger partial charge < -0.3 is 14.8 Å². The van der Waals surface area contributed by atoms with Crippen molar-refractivity contribution >= 4 is 0 Å². The fourth-order valence-corrected chi connectivity index (χ4v) is 2.10. The third kappa shape index (κ3) is 2.55. The Hall–Kier alpha value is -1.22. The van der Waals surface area contributed by atoms with Crippen molar-refractivity contribution < 1.29 is 9.47 Å². The molecule has 1 saturated carbocycles. The molecule has 1 aliphatic carbocycles. The zero-order chi connectivity index (χ0) is 12.4. The smallest absolute Gasteiger partial charge is 0.126 e. The van der Waals surface area contributed by atoms with Crippen LogP contribution in [0.2, 0.25) is 0 Å². The molecule has 0 heterocycles. The van der Waals surface area contributed by atoms with Crippen LogP contribution in [0.25, 0.3) is 0 Å². The number of benzene rings is 1. The number of ether oxygens (including phenoxy) is 2.